The molecule has 2 saturated carbocycles. The van der Waals surface area contributed by atoms with Crippen LogP contribution in [0, 0.1) is 11.8 Å². The maximum Gasteiger partial charge on any atom is 0.333 e. The summed E-state index contributed by atoms with van der Waals surface area (Å²) in [5.74, 6) is -3.78. The normalized spacial score (nSPS) is 26.0. The van der Waals surface area contributed by atoms with E-state index in [-0.39, 0.29) is 18.8 Å². The molecule has 1 atom stereocenters. The number of carbonyl (C=O) groups is 4. The molecule has 33 heavy (non-hydrogen) atoms. The van der Waals surface area contributed by atoms with Crippen LogP contribution >= 0.6 is 0 Å². The summed E-state index contributed by atoms with van der Waals surface area (Å²) in [6.45, 7) is 4.20. The van der Waals surface area contributed by atoms with Gasteiger partial charge in [0.15, 0.2) is 0 Å². The Balaban J connectivity index is 1.53. The number of barbiturate groups is 1. The monoisotopic (exact) mass is 463 g/mol. The summed E-state index contributed by atoms with van der Waals surface area (Å²) in [6.07, 6.45) is 9.04. The quantitative estimate of drug-likeness (QED) is 0.441. The molecule has 0 aromatic carbocycles. The van der Waals surface area contributed by atoms with Gasteiger partial charge in [0.1, 0.15) is 12.6 Å². The zero-order valence-electron chi connectivity index (χ0n) is 19.7. The largest absolute Gasteiger partial charge is 0.449 e. The molecule has 184 valence electrons. The van der Waals surface area contributed by atoms with Gasteiger partial charge in [0.05, 0.1) is 19.1 Å². The molecule has 0 spiro atoms. The van der Waals surface area contributed by atoms with Crippen LogP contribution in [0.5, 0.6) is 0 Å². The van der Waals surface area contributed by atoms with Gasteiger partial charge in [-0.3, -0.25) is 29.1 Å². The maximum atomic E-state index is 13.5. The fraction of sp³-hybridized carbons (Fsp3) is 0.833. The van der Waals surface area contributed by atoms with Gasteiger partial charge < -0.3 is 9.47 Å². The predicted octanol–water partition coefficient (Wildman–Crippen LogP) is 2.53. The number of amides is 4. The third-order valence-electron chi connectivity index (χ3n) is 7.66. The number of hydrogen-bond acceptors (Lipinski definition) is 7. The summed E-state index contributed by atoms with van der Waals surface area (Å²) >= 11 is 0. The molecule has 2 aliphatic carbocycles. The van der Waals surface area contributed by atoms with Gasteiger partial charge in [-0.15, -0.1) is 0 Å². The number of imide groups is 2. The standard InChI is InChI=1S/C24H37N3O6/c1-17(23(30)33-16-25-12-14-32-15-13-25)20-21(28)26(18-8-4-2-5-9-18)24(31)27(22(20)29)19-10-6-3-7-11-19/h17-20H,2-16H2,1H3. The first-order valence-corrected chi connectivity index (χ1v) is 12.7. The topological polar surface area (TPSA) is 96.5 Å². The molecule has 9 nitrogen and oxygen atoms in total. The lowest BCUT2D eigenvalue weighted by atomic mass is 9.85. The number of esters is 1. The van der Waals surface area contributed by atoms with Crippen molar-refractivity contribution in [3.8, 4) is 0 Å². The summed E-state index contributed by atoms with van der Waals surface area (Å²) in [7, 11) is 0. The fourth-order valence-corrected chi connectivity index (χ4v) is 5.64. The van der Waals surface area contributed by atoms with Gasteiger partial charge in [0, 0.05) is 25.2 Å². The van der Waals surface area contributed by atoms with E-state index >= 15 is 0 Å². The Bertz CT molecular complexity index is 700. The average molecular weight is 464 g/mol. The van der Waals surface area contributed by atoms with Gasteiger partial charge >= 0.3 is 12.0 Å². The first-order chi connectivity index (χ1) is 16.0. The first kappa shape index (κ1) is 24.1. The van der Waals surface area contributed by atoms with Gasteiger partial charge in [-0.1, -0.05) is 45.4 Å². The Morgan fingerprint density at radius 2 is 1.36 bits per heavy atom. The molecule has 0 radical (unpaired) electrons. The van der Waals surface area contributed by atoms with Crippen molar-refractivity contribution in [2.24, 2.45) is 11.8 Å². The van der Waals surface area contributed by atoms with E-state index in [0.29, 0.717) is 26.3 Å². The lowest BCUT2D eigenvalue weighted by Gasteiger charge is -2.45. The number of carbonyl (C=O) groups excluding carboxylic acids is 4. The van der Waals surface area contributed by atoms with E-state index < -0.39 is 35.7 Å². The molecule has 0 aromatic rings. The SMILES string of the molecule is CC(C(=O)OCN1CCOCC1)C1C(=O)N(C2CCCCC2)C(=O)N(C2CCCCC2)C1=O. The van der Waals surface area contributed by atoms with E-state index in [1.54, 1.807) is 6.92 Å². The summed E-state index contributed by atoms with van der Waals surface area (Å²) < 4.78 is 10.8. The first-order valence-electron chi connectivity index (χ1n) is 12.7. The number of rotatable bonds is 6. The highest BCUT2D eigenvalue weighted by Gasteiger charge is 2.53. The Labute approximate surface area is 195 Å². The number of hydrogen-bond donors (Lipinski definition) is 0. The van der Waals surface area contributed by atoms with Crippen LogP contribution in [0.4, 0.5) is 4.79 Å². The van der Waals surface area contributed by atoms with E-state index in [2.05, 4.69) is 0 Å². The van der Waals surface area contributed by atoms with E-state index in [1.807, 2.05) is 4.90 Å². The molecule has 4 amide bonds. The third kappa shape index (κ3) is 5.24. The molecule has 4 aliphatic rings. The predicted molar refractivity (Wildman–Crippen MR) is 119 cm³/mol. The van der Waals surface area contributed by atoms with Crippen molar-refractivity contribution in [2.45, 2.75) is 83.2 Å². The van der Waals surface area contributed by atoms with Crippen molar-refractivity contribution in [3.63, 3.8) is 0 Å². The Morgan fingerprint density at radius 1 is 0.879 bits per heavy atom. The molecule has 0 aromatic heterocycles. The number of ether oxygens (including phenoxy) is 2. The van der Waals surface area contributed by atoms with E-state index in [0.717, 1.165) is 64.2 Å². The lowest BCUT2D eigenvalue weighted by Crippen LogP contribution is -2.66. The van der Waals surface area contributed by atoms with Crippen LogP contribution in [0.2, 0.25) is 0 Å². The summed E-state index contributed by atoms with van der Waals surface area (Å²) in [5.41, 5.74) is 0. The van der Waals surface area contributed by atoms with E-state index in [9.17, 15) is 19.2 Å². The number of nitrogens with zero attached hydrogens (tertiary/aromatic N) is 3. The van der Waals surface area contributed by atoms with Crippen LogP contribution in [0.25, 0.3) is 0 Å². The fourth-order valence-electron chi connectivity index (χ4n) is 5.64. The highest BCUT2D eigenvalue weighted by atomic mass is 16.5. The summed E-state index contributed by atoms with van der Waals surface area (Å²) in [5, 5.41) is 0. The van der Waals surface area contributed by atoms with Crippen molar-refractivity contribution in [2.75, 3.05) is 33.0 Å². The van der Waals surface area contributed by atoms with Gasteiger partial charge in [0.2, 0.25) is 11.8 Å². The minimum atomic E-state index is -1.20. The van der Waals surface area contributed by atoms with Crippen LogP contribution in [0.1, 0.15) is 71.1 Å². The Hall–Kier alpha value is -2.00. The minimum Gasteiger partial charge on any atom is -0.449 e. The molecule has 2 saturated heterocycles. The lowest BCUT2D eigenvalue weighted by molar-refractivity contribution is -0.167. The molecule has 4 rings (SSSR count). The second-order valence-corrected chi connectivity index (χ2v) is 9.87. The summed E-state index contributed by atoms with van der Waals surface area (Å²) in [6, 6.07) is -0.872. The van der Waals surface area contributed by atoms with E-state index in [4.69, 9.17) is 9.47 Å². The van der Waals surface area contributed by atoms with Crippen LogP contribution in [-0.2, 0) is 23.9 Å². The average Bonchev–Trinajstić information content (AvgIpc) is 2.84. The van der Waals surface area contributed by atoms with Crippen molar-refractivity contribution in [1.82, 2.24) is 14.7 Å². The van der Waals surface area contributed by atoms with Gasteiger partial charge in [-0.2, -0.15) is 0 Å². The Morgan fingerprint density at radius 3 is 1.85 bits per heavy atom. The van der Waals surface area contributed by atoms with Crippen molar-refractivity contribution in [1.29, 1.82) is 0 Å². The molecule has 9 heteroatoms. The molecule has 4 fully saturated rings. The van der Waals surface area contributed by atoms with Crippen LogP contribution in [0.3, 0.4) is 0 Å². The second-order valence-electron chi connectivity index (χ2n) is 9.87. The highest BCUT2D eigenvalue weighted by Crippen LogP contribution is 2.35. The second kappa shape index (κ2) is 11.0. The maximum absolute atomic E-state index is 13.5. The molecule has 2 heterocycles. The minimum absolute atomic E-state index is 0.110. The van der Waals surface area contributed by atoms with Crippen molar-refractivity contribution >= 4 is 23.8 Å². The Kier molecular flexibility index (Phi) is 8.01. The molecular weight excluding hydrogens is 426 g/mol. The smallest absolute Gasteiger partial charge is 0.333 e. The highest BCUT2D eigenvalue weighted by molar-refractivity contribution is 6.17. The third-order valence-corrected chi connectivity index (χ3v) is 7.66. The van der Waals surface area contributed by atoms with Crippen molar-refractivity contribution < 1.29 is 28.7 Å². The van der Waals surface area contributed by atoms with Crippen LogP contribution < -0.4 is 0 Å². The number of morpholine rings is 1. The van der Waals surface area contributed by atoms with Gasteiger partial charge in [-0.25, -0.2) is 4.79 Å². The zero-order chi connectivity index (χ0) is 23.4. The molecular formula is C24H37N3O6. The van der Waals surface area contributed by atoms with Crippen LogP contribution in [0.15, 0.2) is 0 Å². The van der Waals surface area contributed by atoms with Crippen LogP contribution in [-0.4, -0.2) is 83.6 Å². The summed E-state index contributed by atoms with van der Waals surface area (Å²) in [4.78, 5) is 58.1. The molecule has 0 bridgehead atoms. The molecule has 0 N–H and O–H groups in total. The van der Waals surface area contributed by atoms with Gasteiger partial charge in [-0.05, 0) is 25.7 Å². The van der Waals surface area contributed by atoms with E-state index in [1.165, 1.54) is 9.80 Å². The van der Waals surface area contributed by atoms with Gasteiger partial charge in [0.25, 0.3) is 0 Å². The van der Waals surface area contributed by atoms with Crippen molar-refractivity contribution in [3.05, 3.63) is 0 Å². The number of urea groups is 1. The molecule has 2 aliphatic heterocycles. The molecule has 1 unspecified atom stereocenters. The zero-order valence-corrected chi connectivity index (χ0v) is 19.7.